The molecule has 0 aromatic carbocycles. The van der Waals surface area contributed by atoms with Gasteiger partial charge in [0.25, 0.3) is 0 Å². The van der Waals surface area contributed by atoms with Crippen LogP contribution in [0.3, 0.4) is 0 Å². The minimum atomic E-state index is -1.39. The zero-order valence-corrected chi connectivity index (χ0v) is 31.9. The Morgan fingerprint density at radius 1 is 0.811 bits per heavy atom. The van der Waals surface area contributed by atoms with Crippen LogP contribution in [0.2, 0.25) is 0 Å². The van der Waals surface area contributed by atoms with Crippen molar-refractivity contribution in [1.29, 1.82) is 0 Å². The highest BCUT2D eigenvalue weighted by molar-refractivity contribution is 5.22. The topological polar surface area (TPSA) is 228 Å². The van der Waals surface area contributed by atoms with Crippen LogP contribution in [0.1, 0.15) is 79.1 Å². The first-order valence-corrected chi connectivity index (χ1v) is 19.8. The highest BCUT2D eigenvalue weighted by Gasteiger charge is 2.72. The number of fused-ring (bicyclic) bond motifs is 5. The second-order valence-corrected chi connectivity index (χ2v) is 18.1. The summed E-state index contributed by atoms with van der Waals surface area (Å²) in [4.78, 5) is 0. The van der Waals surface area contributed by atoms with Crippen LogP contribution in [0, 0.1) is 46.3 Å². The molecule has 21 atom stereocenters. The van der Waals surface area contributed by atoms with Crippen molar-refractivity contribution < 1.29 is 69.6 Å². The van der Waals surface area contributed by atoms with Gasteiger partial charge < -0.3 is 69.6 Å². The molecule has 0 bridgehead atoms. The average molecular weight is 759 g/mol. The van der Waals surface area contributed by atoms with E-state index in [1.54, 1.807) is 0 Å². The number of aliphatic hydroxyl groups excluding tert-OH is 8. The number of rotatable bonds is 11. The van der Waals surface area contributed by atoms with Crippen molar-refractivity contribution in [2.24, 2.45) is 46.3 Å². The highest BCUT2D eigenvalue weighted by atomic mass is 16.8. The van der Waals surface area contributed by atoms with Gasteiger partial charge in [0.05, 0.1) is 49.8 Å². The number of hydrogen-bond acceptors (Lipinski definition) is 14. The molecule has 6 aliphatic rings. The summed E-state index contributed by atoms with van der Waals surface area (Å²) in [6, 6.07) is 0. The first kappa shape index (κ1) is 41.8. The first-order valence-electron chi connectivity index (χ1n) is 19.8. The molecular formula is C39H66O14. The van der Waals surface area contributed by atoms with E-state index in [9.17, 15) is 46.0 Å². The molecule has 9 N–H and O–H groups in total. The normalized spacial score (nSPS) is 52.6. The second kappa shape index (κ2) is 15.8. The van der Waals surface area contributed by atoms with E-state index in [1.165, 1.54) is 7.11 Å². The van der Waals surface area contributed by atoms with Gasteiger partial charge in [-0.15, -0.1) is 0 Å². The predicted octanol–water partition coefficient (Wildman–Crippen LogP) is 0.215. The Bertz CT molecular complexity index is 1270. The Morgan fingerprint density at radius 3 is 2.09 bits per heavy atom. The van der Waals surface area contributed by atoms with Crippen LogP contribution in [0.25, 0.3) is 0 Å². The molecule has 0 radical (unpaired) electrons. The maximum Gasteiger partial charge on any atom is 0.187 e. The molecule has 21 unspecified atom stereocenters. The van der Waals surface area contributed by atoms with Gasteiger partial charge in [0.15, 0.2) is 12.6 Å². The number of methoxy groups -OCH3 is 1. The van der Waals surface area contributed by atoms with E-state index in [-0.39, 0.29) is 61.2 Å². The fourth-order valence-corrected chi connectivity index (χ4v) is 12.1. The summed E-state index contributed by atoms with van der Waals surface area (Å²) in [5.41, 5.74) is -1.38. The van der Waals surface area contributed by atoms with Crippen molar-refractivity contribution in [1.82, 2.24) is 0 Å². The monoisotopic (exact) mass is 758 g/mol. The van der Waals surface area contributed by atoms with Crippen LogP contribution in [0.15, 0.2) is 12.2 Å². The Hall–Kier alpha value is -0.820. The summed E-state index contributed by atoms with van der Waals surface area (Å²) >= 11 is 0. The molecule has 4 aliphatic carbocycles. The zero-order chi connectivity index (χ0) is 38.8. The van der Waals surface area contributed by atoms with Crippen LogP contribution in [-0.4, -0.2) is 152 Å². The van der Waals surface area contributed by atoms with Crippen molar-refractivity contribution in [2.75, 3.05) is 26.9 Å². The molecule has 306 valence electrons. The lowest BCUT2D eigenvalue weighted by atomic mass is 9.42. The maximum absolute atomic E-state index is 12.6. The van der Waals surface area contributed by atoms with Crippen molar-refractivity contribution >= 4 is 0 Å². The summed E-state index contributed by atoms with van der Waals surface area (Å²) in [5, 5.41) is 99.3. The van der Waals surface area contributed by atoms with Crippen molar-refractivity contribution in [2.45, 2.75) is 158 Å². The summed E-state index contributed by atoms with van der Waals surface area (Å²) < 4.78 is 28.6. The quantitative estimate of drug-likeness (QED) is 0.129. The standard InChI is InChI=1S/C39H66O14/c1-18(20(3)15-50-35-33(29(45)25(43)16-51-35)53-36-32(49-6)28(44)24(42)17-52-36)7-8-19(2)27-30(46)31(47)34-38(27,5)12-10-26-37(4)11-9-21(40)13-22(37)23(41)14-39(26,34)48/h19-36,40-48H,1,7-17H2,2-6H3. The third-order valence-corrected chi connectivity index (χ3v) is 15.0. The molecule has 6 fully saturated rings. The smallest absolute Gasteiger partial charge is 0.187 e. The Morgan fingerprint density at radius 2 is 1.43 bits per heavy atom. The first-order chi connectivity index (χ1) is 24.9. The van der Waals surface area contributed by atoms with Gasteiger partial charge in [-0.25, -0.2) is 0 Å². The summed E-state index contributed by atoms with van der Waals surface area (Å²) in [6.45, 7) is 12.3. The van der Waals surface area contributed by atoms with E-state index in [1.807, 2.05) is 6.92 Å². The highest BCUT2D eigenvalue weighted by Crippen LogP contribution is 2.69. The molecule has 0 aromatic heterocycles. The van der Waals surface area contributed by atoms with Gasteiger partial charge in [-0.1, -0.05) is 39.8 Å². The largest absolute Gasteiger partial charge is 0.393 e. The van der Waals surface area contributed by atoms with E-state index >= 15 is 0 Å². The summed E-state index contributed by atoms with van der Waals surface area (Å²) in [7, 11) is 1.33. The van der Waals surface area contributed by atoms with Crippen LogP contribution >= 0.6 is 0 Å². The van der Waals surface area contributed by atoms with Gasteiger partial charge in [0.1, 0.15) is 36.6 Å². The Balaban J connectivity index is 1.07. The molecule has 14 nitrogen and oxygen atoms in total. The fourth-order valence-electron chi connectivity index (χ4n) is 12.1. The third kappa shape index (κ3) is 7.30. The lowest BCUT2D eigenvalue weighted by Gasteiger charge is -2.65. The molecule has 0 spiro atoms. The predicted molar refractivity (Wildman–Crippen MR) is 189 cm³/mol. The van der Waals surface area contributed by atoms with Crippen molar-refractivity contribution in [3.8, 4) is 0 Å². The molecule has 2 saturated heterocycles. The van der Waals surface area contributed by atoms with Gasteiger partial charge in [-0.3, -0.25) is 0 Å². The van der Waals surface area contributed by atoms with Crippen LogP contribution in [0.4, 0.5) is 0 Å². The van der Waals surface area contributed by atoms with Gasteiger partial charge in [0.2, 0.25) is 0 Å². The third-order valence-electron chi connectivity index (χ3n) is 15.0. The van der Waals surface area contributed by atoms with Gasteiger partial charge in [-0.05, 0) is 79.4 Å². The minimum absolute atomic E-state index is 0.0319. The van der Waals surface area contributed by atoms with Crippen LogP contribution in [-0.2, 0) is 23.7 Å². The van der Waals surface area contributed by atoms with Crippen LogP contribution < -0.4 is 0 Å². The van der Waals surface area contributed by atoms with Crippen molar-refractivity contribution in [3.05, 3.63) is 12.2 Å². The molecule has 14 heteroatoms. The van der Waals surface area contributed by atoms with E-state index in [4.69, 9.17) is 23.7 Å². The molecule has 0 aromatic rings. The molecule has 4 saturated carbocycles. The number of ether oxygens (including phenoxy) is 5. The molecule has 0 amide bonds. The van der Waals surface area contributed by atoms with Crippen molar-refractivity contribution in [3.63, 3.8) is 0 Å². The molecule has 6 rings (SSSR count). The summed E-state index contributed by atoms with van der Waals surface area (Å²) in [6.07, 6.45) is -8.33. The molecule has 2 heterocycles. The maximum atomic E-state index is 12.6. The Labute approximate surface area is 313 Å². The summed E-state index contributed by atoms with van der Waals surface area (Å²) in [5.74, 6) is -1.35. The lowest BCUT2D eigenvalue weighted by Crippen LogP contribution is -2.68. The van der Waals surface area contributed by atoms with E-state index in [2.05, 4.69) is 27.4 Å². The molecule has 2 aliphatic heterocycles. The fraction of sp³-hybridized carbons (Fsp3) is 0.949. The van der Waals surface area contributed by atoms with Crippen LogP contribution in [0.5, 0.6) is 0 Å². The number of hydrogen-bond donors (Lipinski definition) is 9. The lowest BCUT2D eigenvalue weighted by molar-refractivity contribution is -0.346. The molecule has 53 heavy (non-hydrogen) atoms. The zero-order valence-electron chi connectivity index (χ0n) is 31.9. The average Bonchev–Trinajstić information content (AvgIpc) is 3.32. The second-order valence-electron chi connectivity index (χ2n) is 18.1. The molecular weight excluding hydrogens is 692 g/mol. The SMILES string of the molecule is C=C(CCC(C)C1C(O)C(O)C2C1(C)CCC1C3(C)CCC(O)CC3C(O)CC12O)C(C)COC1OCC(O)C(O)C1OC1OCC(O)C(O)C1OC. The van der Waals surface area contributed by atoms with E-state index in [0.717, 1.165) is 18.4 Å². The minimum Gasteiger partial charge on any atom is -0.393 e. The van der Waals surface area contributed by atoms with Gasteiger partial charge >= 0.3 is 0 Å². The van der Waals surface area contributed by atoms with Gasteiger partial charge in [-0.2, -0.15) is 0 Å². The van der Waals surface area contributed by atoms with E-state index < -0.39 is 90.6 Å². The van der Waals surface area contributed by atoms with Gasteiger partial charge in [0, 0.05) is 25.4 Å². The Kier molecular flexibility index (Phi) is 12.5. The van der Waals surface area contributed by atoms with E-state index in [0.29, 0.717) is 32.1 Å². The number of aliphatic hydroxyl groups is 9.